The van der Waals surface area contributed by atoms with Crippen molar-refractivity contribution in [1.82, 2.24) is 0 Å². The minimum atomic E-state index is -0.979. The van der Waals surface area contributed by atoms with E-state index in [0.29, 0.717) is 0 Å². The van der Waals surface area contributed by atoms with E-state index in [1.54, 1.807) is 0 Å². The van der Waals surface area contributed by atoms with Crippen LogP contribution in [-0.2, 0) is 10.8 Å². The Morgan fingerprint density at radius 2 is 2.00 bits per heavy atom. The number of benzene rings is 1. The van der Waals surface area contributed by atoms with E-state index in [0.717, 1.165) is 25.6 Å². The maximum absolute atomic E-state index is 5.89. The van der Waals surface area contributed by atoms with Crippen molar-refractivity contribution in [2.24, 2.45) is 5.73 Å². The molecule has 0 fully saturated rings. The van der Waals surface area contributed by atoms with Crippen molar-refractivity contribution in [3.63, 3.8) is 0 Å². The first kappa shape index (κ1) is 12.4. The molecule has 15 heavy (non-hydrogen) atoms. The molecule has 0 bridgehead atoms. The van der Waals surface area contributed by atoms with Gasteiger partial charge in [0.15, 0.2) is 9.04 Å². The molecule has 0 saturated heterocycles. The van der Waals surface area contributed by atoms with Gasteiger partial charge in [-0.3, -0.25) is 0 Å². The lowest BCUT2D eigenvalue weighted by atomic mass is 10.2. The molecule has 2 N–H and O–H groups in total. The molecule has 1 aromatic rings. The third-order valence-electron chi connectivity index (χ3n) is 2.53. The maximum atomic E-state index is 5.89. The van der Waals surface area contributed by atoms with Gasteiger partial charge in [-0.1, -0.05) is 37.3 Å². The molecule has 1 unspecified atom stereocenters. The van der Waals surface area contributed by atoms with Crippen LogP contribution >= 0.6 is 0 Å². The standard InChI is InChI=1S/C12H21NOSi/c1-2-15(11-9-13)14-10-8-12-6-4-3-5-7-12/h3-7,15H,2,8-11,13H2,1H3. The van der Waals surface area contributed by atoms with Crippen molar-refractivity contribution in [3.05, 3.63) is 35.9 Å². The van der Waals surface area contributed by atoms with Crippen LogP contribution in [0.3, 0.4) is 0 Å². The molecule has 0 saturated carbocycles. The predicted molar refractivity (Wildman–Crippen MR) is 67.6 cm³/mol. The summed E-state index contributed by atoms with van der Waals surface area (Å²) >= 11 is 0. The number of nitrogens with two attached hydrogens (primary N) is 1. The summed E-state index contributed by atoms with van der Waals surface area (Å²) in [6, 6.07) is 12.8. The summed E-state index contributed by atoms with van der Waals surface area (Å²) in [5.74, 6) is 0. The summed E-state index contributed by atoms with van der Waals surface area (Å²) in [5, 5.41) is 0. The summed E-state index contributed by atoms with van der Waals surface area (Å²) in [6.45, 7) is 3.83. The zero-order chi connectivity index (χ0) is 10.9. The number of hydrogen-bond acceptors (Lipinski definition) is 2. The van der Waals surface area contributed by atoms with Crippen LogP contribution in [-0.4, -0.2) is 22.2 Å². The van der Waals surface area contributed by atoms with E-state index in [9.17, 15) is 0 Å². The van der Waals surface area contributed by atoms with Gasteiger partial charge < -0.3 is 10.2 Å². The van der Waals surface area contributed by atoms with E-state index < -0.39 is 9.04 Å². The molecule has 0 aromatic heterocycles. The highest BCUT2D eigenvalue weighted by atomic mass is 28.3. The molecule has 0 heterocycles. The van der Waals surface area contributed by atoms with E-state index in [2.05, 4.69) is 31.2 Å². The van der Waals surface area contributed by atoms with Gasteiger partial charge in [0, 0.05) is 6.61 Å². The zero-order valence-corrected chi connectivity index (χ0v) is 10.6. The summed E-state index contributed by atoms with van der Waals surface area (Å²) in [4.78, 5) is 0. The fourth-order valence-electron chi connectivity index (χ4n) is 1.58. The van der Waals surface area contributed by atoms with E-state index in [-0.39, 0.29) is 0 Å². The molecule has 0 aliphatic heterocycles. The summed E-state index contributed by atoms with van der Waals surface area (Å²) in [6.07, 6.45) is 1.02. The molecular formula is C12H21NOSi. The molecule has 0 aliphatic carbocycles. The molecule has 0 radical (unpaired) electrons. The Morgan fingerprint density at radius 3 is 2.60 bits per heavy atom. The minimum Gasteiger partial charge on any atom is -0.420 e. The quantitative estimate of drug-likeness (QED) is 0.717. The highest BCUT2D eigenvalue weighted by molar-refractivity contribution is 6.51. The fourth-order valence-corrected chi connectivity index (χ4v) is 3.21. The molecule has 0 aliphatic rings. The Balaban J connectivity index is 2.20. The van der Waals surface area contributed by atoms with Crippen molar-refractivity contribution in [2.75, 3.05) is 13.2 Å². The van der Waals surface area contributed by atoms with Crippen LogP contribution in [0.15, 0.2) is 30.3 Å². The van der Waals surface area contributed by atoms with Crippen molar-refractivity contribution in [1.29, 1.82) is 0 Å². The predicted octanol–water partition coefficient (Wildman–Crippen LogP) is 1.95. The van der Waals surface area contributed by atoms with Crippen LogP contribution < -0.4 is 5.73 Å². The fraction of sp³-hybridized carbons (Fsp3) is 0.500. The van der Waals surface area contributed by atoms with Gasteiger partial charge in [-0.25, -0.2) is 0 Å². The van der Waals surface area contributed by atoms with Crippen LogP contribution in [0.5, 0.6) is 0 Å². The molecule has 1 aromatic carbocycles. The van der Waals surface area contributed by atoms with Crippen molar-refractivity contribution < 1.29 is 4.43 Å². The second-order valence-electron chi connectivity index (χ2n) is 3.71. The van der Waals surface area contributed by atoms with Gasteiger partial charge >= 0.3 is 0 Å². The summed E-state index contributed by atoms with van der Waals surface area (Å²) < 4.78 is 5.89. The van der Waals surface area contributed by atoms with Gasteiger partial charge in [-0.2, -0.15) is 0 Å². The third-order valence-corrected chi connectivity index (χ3v) is 5.13. The molecule has 1 rings (SSSR count). The minimum absolute atomic E-state index is 0.774. The monoisotopic (exact) mass is 223 g/mol. The van der Waals surface area contributed by atoms with E-state index >= 15 is 0 Å². The van der Waals surface area contributed by atoms with E-state index in [1.807, 2.05) is 6.07 Å². The molecular weight excluding hydrogens is 202 g/mol. The zero-order valence-electron chi connectivity index (χ0n) is 9.49. The van der Waals surface area contributed by atoms with Gasteiger partial charge in [0.25, 0.3) is 0 Å². The van der Waals surface area contributed by atoms with Gasteiger partial charge in [-0.15, -0.1) is 0 Å². The van der Waals surface area contributed by atoms with Crippen LogP contribution in [0.1, 0.15) is 12.5 Å². The Bertz CT molecular complexity index is 253. The lowest BCUT2D eigenvalue weighted by Crippen LogP contribution is -2.21. The Labute approximate surface area is 94.2 Å². The van der Waals surface area contributed by atoms with E-state index in [1.165, 1.54) is 11.6 Å². The van der Waals surface area contributed by atoms with Crippen molar-refractivity contribution in [2.45, 2.75) is 25.4 Å². The summed E-state index contributed by atoms with van der Waals surface area (Å²) in [5.41, 5.74) is 6.90. The van der Waals surface area contributed by atoms with Gasteiger partial charge in [-0.05, 0) is 30.6 Å². The molecule has 84 valence electrons. The smallest absolute Gasteiger partial charge is 0.177 e. The SMILES string of the molecule is CC[SiH](CCN)OCCc1ccccc1. The van der Waals surface area contributed by atoms with Crippen LogP contribution in [0, 0.1) is 0 Å². The highest BCUT2D eigenvalue weighted by Gasteiger charge is 2.07. The highest BCUT2D eigenvalue weighted by Crippen LogP contribution is 2.03. The van der Waals surface area contributed by atoms with Crippen molar-refractivity contribution >= 4 is 9.04 Å². The number of hydrogen-bond donors (Lipinski definition) is 1. The normalized spacial score (nSPS) is 12.7. The second-order valence-corrected chi connectivity index (χ2v) is 6.69. The van der Waals surface area contributed by atoms with Gasteiger partial charge in [0.1, 0.15) is 0 Å². The molecule has 2 nitrogen and oxygen atoms in total. The molecule has 0 amide bonds. The van der Waals surface area contributed by atoms with Crippen LogP contribution in [0.25, 0.3) is 0 Å². The van der Waals surface area contributed by atoms with Crippen LogP contribution in [0.4, 0.5) is 0 Å². The molecule has 0 spiro atoms. The first-order valence-corrected chi connectivity index (χ1v) is 7.82. The average Bonchev–Trinajstić information content (AvgIpc) is 2.29. The third kappa shape index (κ3) is 5.11. The lowest BCUT2D eigenvalue weighted by Gasteiger charge is -2.13. The average molecular weight is 223 g/mol. The van der Waals surface area contributed by atoms with Crippen LogP contribution in [0.2, 0.25) is 12.1 Å². The first-order valence-electron chi connectivity index (χ1n) is 5.72. The largest absolute Gasteiger partial charge is 0.420 e. The Morgan fingerprint density at radius 1 is 1.27 bits per heavy atom. The topological polar surface area (TPSA) is 35.2 Å². The van der Waals surface area contributed by atoms with E-state index in [4.69, 9.17) is 10.2 Å². The maximum Gasteiger partial charge on any atom is 0.177 e. The second kappa shape index (κ2) is 7.62. The van der Waals surface area contributed by atoms with Crippen molar-refractivity contribution in [3.8, 4) is 0 Å². The Kier molecular flexibility index (Phi) is 6.32. The Hall–Kier alpha value is -0.643. The summed E-state index contributed by atoms with van der Waals surface area (Å²) in [7, 11) is -0.979. The molecule has 1 atom stereocenters. The number of rotatable bonds is 7. The lowest BCUT2D eigenvalue weighted by molar-refractivity contribution is 0.323. The molecule has 3 heteroatoms. The van der Waals surface area contributed by atoms with Gasteiger partial charge in [0.2, 0.25) is 0 Å². The first-order chi connectivity index (χ1) is 7.36. The van der Waals surface area contributed by atoms with Gasteiger partial charge in [0.05, 0.1) is 0 Å².